The van der Waals surface area contributed by atoms with Crippen molar-refractivity contribution < 1.29 is 48.2 Å². The Morgan fingerprint density at radius 1 is 0.476 bits per heavy atom. The molecule has 5 nitrogen and oxygen atoms in total. The quantitative estimate of drug-likeness (QED) is 0.118. The molecule has 0 radical (unpaired) electrons. The third-order valence-corrected chi connectivity index (χ3v) is 15.6. The van der Waals surface area contributed by atoms with Crippen molar-refractivity contribution in [2.45, 2.75) is 78.6 Å². The fourth-order valence-electron chi connectivity index (χ4n) is 11.5. The third kappa shape index (κ3) is 9.59. The van der Waals surface area contributed by atoms with Gasteiger partial charge < -0.3 is 13.9 Å². The molecule has 414 valence electrons. The average molecular weight is 1280 g/mol. The molecular formula is C78H64N4OPt-2. The molecule has 0 amide bonds. The van der Waals surface area contributed by atoms with Gasteiger partial charge in [-0.2, -0.15) is 18.2 Å². The number of rotatable bonds is 7. The van der Waals surface area contributed by atoms with Crippen molar-refractivity contribution >= 4 is 32.8 Å². The molecule has 1 aliphatic heterocycles. The predicted octanol–water partition coefficient (Wildman–Crippen LogP) is 19.8. The van der Waals surface area contributed by atoms with Crippen molar-refractivity contribution in [3.05, 3.63) is 259 Å². The number of fused-ring (bicyclic) bond motifs is 10. The van der Waals surface area contributed by atoms with Crippen molar-refractivity contribution in [1.29, 1.82) is 0 Å². The Morgan fingerprint density at radius 2 is 1.06 bits per heavy atom. The van der Waals surface area contributed by atoms with Crippen LogP contribution >= 0.6 is 0 Å². The van der Waals surface area contributed by atoms with Gasteiger partial charge in [-0.15, -0.1) is 29.7 Å². The number of para-hydroxylation sites is 1. The minimum atomic E-state index is -0.748. The molecule has 0 saturated heterocycles. The molecule has 84 heavy (non-hydrogen) atoms. The normalized spacial score (nSPS) is 14.4. The SMILES string of the molecule is [2H]c1c([2H])c([2H])c(-c2c([2H])c(-c3cc4c5c(c3)n(-c3[c-]c(Oc6[c-]c7c(cc6)c6ccccc6n7-c6cc(C(C)(C)C)ccn6)ccc3)[c-][n+]5-c3c(cc(C(C)(C)C)cc3C(C)(C)C)-c3ccccc3-c3ccccc3-4)c([2H])c(-c3c([2H])c([2H])c([2H])c([2H])c3[2H])c2[2H])c([2H])c1[2H].[Pt]. The fraction of sp³-hybridized carbons (Fsp3) is 0.154. The van der Waals surface area contributed by atoms with Crippen molar-refractivity contribution in [3.8, 4) is 95.5 Å². The van der Waals surface area contributed by atoms with Gasteiger partial charge in [-0.05, 0) is 153 Å². The fourth-order valence-corrected chi connectivity index (χ4v) is 11.5. The largest absolute Gasteiger partial charge is 0.510 e. The van der Waals surface area contributed by atoms with Crippen LogP contribution in [0.5, 0.6) is 11.5 Å². The number of hydrogen-bond donors (Lipinski definition) is 0. The molecule has 13 aromatic rings. The summed E-state index contributed by atoms with van der Waals surface area (Å²) in [6, 6.07) is 44.0. The minimum absolute atomic E-state index is 0. The van der Waals surface area contributed by atoms with E-state index in [1.54, 1.807) is 12.1 Å². The smallest absolute Gasteiger partial charge is 0.268 e. The summed E-state index contributed by atoms with van der Waals surface area (Å²) in [7, 11) is 0. The zero-order valence-electron chi connectivity index (χ0n) is 60.9. The van der Waals surface area contributed by atoms with E-state index >= 15 is 0 Å². The molecule has 0 spiro atoms. The molecule has 0 fully saturated rings. The van der Waals surface area contributed by atoms with Gasteiger partial charge in [0.25, 0.3) is 6.33 Å². The number of ether oxygens (including phenoxy) is 1. The second-order valence-electron chi connectivity index (χ2n) is 24.3. The first-order chi connectivity index (χ1) is 45.5. The van der Waals surface area contributed by atoms with Crippen LogP contribution in [0.3, 0.4) is 0 Å². The summed E-state index contributed by atoms with van der Waals surface area (Å²) in [6.45, 7) is 19.7. The van der Waals surface area contributed by atoms with Gasteiger partial charge in [-0.3, -0.25) is 4.57 Å². The second kappa shape index (κ2) is 20.8. The second-order valence-corrected chi connectivity index (χ2v) is 24.3. The Labute approximate surface area is 526 Å². The van der Waals surface area contributed by atoms with E-state index in [0.717, 1.165) is 77.8 Å². The van der Waals surface area contributed by atoms with Crippen molar-refractivity contribution in [1.82, 2.24) is 14.1 Å². The maximum atomic E-state index is 10.4. The van der Waals surface area contributed by atoms with Gasteiger partial charge in [-0.1, -0.05) is 213 Å². The summed E-state index contributed by atoms with van der Waals surface area (Å²) in [6.07, 6.45) is 5.68. The predicted molar refractivity (Wildman–Crippen MR) is 342 cm³/mol. The molecule has 0 atom stereocenters. The Balaban J connectivity index is 0.00000849. The number of nitrogens with zero attached hydrogens (tertiary/aromatic N) is 4. The number of imidazole rings is 1. The summed E-state index contributed by atoms with van der Waals surface area (Å²) in [5.41, 5.74) is 9.17. The van der Waals surface area contributed by atoms with E-state index in [4.69, 9.17) is 17.9 Å². The van der Waals surface area contributed by atoms with Gasteiger partial charge in [0.1, 0.15) is 5.82 Å². The zero-order chi connectivity index (χ0) is 68.3. The number of hydrogen-bond acceptors (Lipinski definition) is 2. The van der Waals surface area contributed by atoms with Gasteiger partial charge in [0.05, 0.1) is 34.5 Å². The standard InChI is InChI=1S/C78H64N4O.Pt/c1-76(2,3)56-37-38-79-73(46-56)82-70-34-21-20-33-65(70)66-36-35-60(48-71(66)82)83-59-28-22-27-58(47-59)80-49-81-74-68(44-57(77(4,5)6)45-69(74)78(7,8)9)64-32-19-17-30-62(64)61-29-16-18-31-63(61)67-42-55(43-72(80)75(67)81)54-40-52(50-23-12-10-13-24-50)39-53(41-54)51-25-14-11-15-26-51;/h10-46H,1-9H3;/q-2;/i10D,11D,12D,13D,14D,15D,23D,24D,25D,26D,39D,40D,41D;. The molecule has 0 bridgehead atoms. The summed E-state index contributed by atoms with van der Waals surface area (Å²) >= 11 is 0. The van der Waals surface area contributed by atoms with E-state index in [1.807, 2.05) is 89.6 Å². The molecule has 3 aromatic heterocycles. The summed E-state index contributed by atoms with van der Waals surface area (Å²) < 4.78 is 133. The molecule has 1 aliphatic rings. The Kier molecular flexibility index (Phi) is 10.2. The monoisotopic (exact) mass is 1280 g/mol. The molecule has 0 N–H and O–H groups in total. The minimum Gasteiger partial charge on any atom is -0.510 e. The number of pyridine rings is 1. The first kappa shape index (κ1) is 41.2. The van der Waals surface area contributed by atoms with Gasteiger partial charge in [0.15, 0.2) is 0 Å². The van der Waals surface area contributed by atoms with Crippen LogP contribution in [0.25, 0.3) is 117 Å². The van der Waals surface area contributed by atoms with E-state index in [1.165, 1.54) is 0 Å². The van der Waals surface area contributed by atoms with E-state index in [-0.39, 0.29) is 43.0 Å². The first-order valence-corrected chi connectivity index (χ1v) is 27.8. The van der Waals surface area contributed by atoms with E-state index in [2.05, 4.69) is 138 Å². The van der Waals surface area contributed by atoms with Crippen LogP contribution in [-0.4, -0.2) is 14.1 Å². The van der Waals surface area contributed by atoms with Crippen LogP contribution in [0, 0.1) is 18.5 Å². The van der Waals surface area contributed by atoms with Gasteiger partial charge in [0.2, 0.25) is 0 Å². The van der Waals surface area contributed by atoms with E-state index in [9.17, 15) is 9.60 Å². The van der Waals surface area contributed by atoms with E-state index < -0.39 is 106 Å². The molecule has 0 aliphatic carbocycles. The van der Waals surface area contributed by atoms with Crippen molar-refractivity contribution in [2.24, 2.45) is 0 Å². The van der Waals surface area contributed by atoms with Crippen molar-refractivity contribution in [3.63, 3.8) is 0 Å². The van der Waals surface area contributed by atoms with Crippen LogP contribution in [-0.2, 0) is 37.3 Å². The molecule has 0 unspecified atom stereocenters. The summed E-state index contributed by atoms with van der Waals surface area (Å²) in [4.78, 5) is 4.88. The molecule has 0 saturated carbocycles. The zero-order valence-corrected chi connectivity index (χ0v) is 50.1. The van der Waals surface area contributed by atoms with Crippen molar-refractivity contribution in [2.75, 3.05) is 0 Å². The number of aromatic nitrogens is 4. The van der Waals surface area contributed by atoms with Gasteiger partial charge in [0, 0.05) is 44.3 Å². The van der Waals surface area contributed by atoms with Gasteiger partial charge in [-0.25, -0.2) is 4.98 Å². The molecule has 6 heteroatoms. The van der Waals surface area contributed by atoms with Gasteiger partial charge >= 0.3 is 0 Å². The third-order valence-electron chi connectivity index (χ3n) is 15.6. The van der Waals surface area contributed by atoms with Crippen LogP contribution in [0.2, 0.25) is 0 Å². The molecule has 4 heterocycles. The van der Waals surface area contributed by atoms with E-state index in [0.29, 0.717) is 33.8 Å². The maximum Gasteiger partial charge on any atom is 0.268 e. The topological polar surface area (TPSA) is 35.9 Å². The van der Waals surface area contributed by atoms with Crippen LogP contribution in [0.4, 0.5) is 0 Å². The van der Waals surface area contributed by atoms with Crippen LogP contribution in [0.1, 0.15) is 96.8 Å². The van der Waals surface area contributed by atoms with Crippen LogP contribution < -0.4 is 9.30 Å². The first-order valence-electron chi connectivity index (χ1n) is 34.3. The Hall–Kier alpha value is -8.89. The Bertz CT molecular complexity index is 5370. The maximum absolute atomic E-state index is 10.4. The summed E-state index contributed by atoms with van der Waals surface area (Å²) in [5, 5.41) is 1.97. The Morgan fingerprint density at radius 3 is 1.69 bits per heavy atom. The molecule has 14 rings (SSSR count). The molecular weight excluding hydrogens is 1200 g/mol. The number of benzene rings is 10. The summed E-state index contributed by atoms with van der Waals surface area (Å²) in [5.74, 6) is 1.45. The molecule has 10 aromatic carbocycles. The van der Waals surface area contributed by atoms with Crippen LogP contribution in [0.15, 0.2) is 224 Å². The average Bonchev–Trinajstić information content (AvgIpc) is 1.67.